The minimum Gasteiger partial charge on any atom is -0.387 e. The Morgan fingerprint density at radius 1 is 0.914 bits per heavy atom. The van der Waals surface area contributed by atoms with Crippen molar-refractivity contribution in [2.45, 2.75) is 38.0 Å². The summed E-state index contributed by atoms with van der Waals surface area (Å²) in [5, 5.41) is 15.3. The molecule has 2 aliphatic rings. The van der Waals surface area contributed by atoms with Gasteiger partial charge in [-0.05, 0) is 66.8 Å². The lowest BCUT2D eigenvalue weighted by Crippen LogP contribution is -2.55. The van der Waals surface area contributed by atoms with Crippen molar-refractivity contribution in [1.29, 1.82) is 0 Å². The third kappa shape index (κ3) is 7.59. The van der Waals surface area contributed by atoms with Gasteiger partial charge in [0.2, 0.25) is 0 Å². The number of β-amino-alcohol motifs (C(OH)–C–C–N with tert-alkyl or cyclic N) is 1. The molecule has 1 atom stereocenters. The Bertz CT molecular complexity index is 1080. The van der Waals surface area contributed by atoms with Crippen LogP contribution in [0.5, 0.6) is 0 Å². The van der Waals surface area contributed by atoms with Crippen molar-refractivity contribution in [3.63, 3.8) is 0 Å². The highest BCUT2D eigenvalue weighted by atomic mass is 32.1. The van der Waals surface area contributed by atoms with Crippen molar-refractivity contribution >= 4 is 17.3 Å². The van der Waals surface area contributed by atoms with Gasteiger partial charge in [-0.1, -0.05) is 72.8 Å². The summed E-state index contributed by atoms with van der Waals surface area (Å²) in [7, 11) is 0. The van der Waals surface area contributed by atoms with E-state index >= 15 is 0 Å². The maximum absolute atomic E-state index is 11.9. The fourth-order valence-electron chi connectivity index (χ4n) is 4.76. The molecule has 1 saturated heterocycles. The van der Waals surface area contributed by atoms with E-state index in [9.17, 15) is 9.50 Å². The number of hydrogen-bond acceptors (Lipinski definition) is 3. The molecule has 3 aromatic rings. The van der Waals surface area contributed by atoms with E-state index < -0.39 is 5.60 Å². The first-order valence-electron chi connectivity index (χ1n) is 12.3. The molecule has 184 valence electrons. The Morgan fingerprint density at radius 2 is 1.57 bits per heavy atom. The number of rotatable bonds is 4. The van der Waals surface area contributed by atoms with E-state index in [4.69, 9.17) is 12.2 Å². The number of fused-ring (bicyclic) bond motifs is 1. The molecule has 0 amide bonds. The smallest absolute Gasteiger partial charge is 0.169 e. The lowest BCUT2D eigenvalue weighted by atomic mass is 9.92. The van der Waals surface area contributed by atoms with Crippen LogP contribution in [-0.4, -0.2) is 51.8 Å². The molecule has 2 aliphatic heterocycles. The number of likely N-dealkylation sites (tertiary alicyclic amines) is 1. The molecule has 0 radical (unpaired) electrons. The standard InChI is InChI=1S/C23H29N3OS.C6H5F/c27-23(12-6-13-25(18-23)15-19-7-2-1-3-8-19)17-24-22(28)26-14-11-20-9-4-5-10-21(20)16-26;7-6-4-2-1-3-5-6/h1-5,7-10,27H,6,11-18H2,(H,24,28);1-5H. The summed E-state index contributed by atoms with van der Waals surface area (Å²) in [6, 6.07) is 27.0. The Kier molecular flexibility index (Phi) is 8.85. The van der Waals surface area contributed by atoms with Gasteiger partial charge in [0.1, 0.15) is 5.82 Å². The van der Waals surface area contributed by atoms with Crippen LogP contribution >= 0.6 is 12.2 Å². The molecule has 0 saturated carbocycles. The molecule has 0 spiro atoms. The van der Waals surface area contributed by atoms with Gasteiger partial charge in [-0.25, -0.2) is 4.39 Å². The lowest BCUT2D eigenvalue weighted by molar-refractivity contribution is -0.0292. The summed E-state index contributed by atoms with van der Waals surface area (Å²) < 4.78 is 11.9. The van der Waals surface area contributed by atoms with Crippen LogP contribution < -0.4 is 5.32 Å². The van der Waals surface area contributed by atoms with Crippen molar-refractivity contribution in [3.05, 3.63) is 107 Å². The number of piperidine rings is 1. The molecule has 35 heavy (non-hydrogen) atoms. The van der Waals surface area contributed by atoms with Crippen LogP contribution in [0.15, 0.2) is 84.9 Å². The number of thiocarbonyl (C=S) groups is 1. The van der Waals surface area contributed by atoms with Crippen LogP contribution in [-0.2, 0) is 19.5 Å². The second kappa shape index (κ2) is 12.2. The molecule has 1 fully saturated rings. The van der Waals surface area contributed by atoms with E-state index in [1.807, 2.05) is 6.07 Å². The average molecular weight is 492 g/mol. The second-order valence-corrected chi connectivity index (χ2v) is 9.81. The fraction of sp³-hybridized carbons (Fsp3) is 0.345. The SMILES string of the molecule is Fc1ccccc1.OC1(CNC(=S)N2CCc3ccccc3C2)CCCN(Cc2ccccc2)C1. The maximum atomic E-state index is 11.9. The van der Waals surface area contributed by atoms with Gasteiger partial charge in [0.05, 0.1) is 5.60 Å². The van der Waals surface area contributed by atoms with Crippen molar-refractivity contribution in [2.75, 3.05) is 26.2 Å². The molecular weight excluding hydrogens is 457 g/mol. The van der Waals surface area contributed by atoms with Crippen LogP contribution in [0, 0.1) is 5.82 Å². The summed E-state index contributed by atoms with van der Waals surface area (Å²) in [6.07, 6.45) is 2.85. The van der Waals surface area contributed by atoms with Crippen LogP contribution in [0.4, 0.5) is 4.39 Å². The minimum absolute atomic E-state index is 0.178. The molecule has 0 aliphatic carbocycles. The number of nitrogens with one attached hydrogen (secondary N) is 1. The van der Waals surface area contributed by atoms with E-state index in [1.54, 1.807) is 18.2 Å². The Hall–Kier alpha value is -2.80. The first-order valence-corrected chi connectivity index (χ1v) is 12.7. The van der Waals surface area contributed by atoms with Crippen LogP contribution in [0.25, 0.3) is 0 Å². The first-order chi connectivity index (χ1) is 17.0. The predicted molar refractivity (Wildman–Crippen MR) is 143 cm³/mol. The normalized spacial score (nSPS) is 19.8. The van der Waals surface area contributed by atoms with E-state index in [1.165, 1.54) is 28.8 Å². The van der Waals surface area contributed by atoms with E-state index in [0.717, 1.165) is 50.6 Å². The number of benzene rings is 3. The van der Waals surface area contributed by atoms with Crippen molar-refractivity contribution in [3.8, 4) is 0 Å². The van der Waals surface area contributed by atoms with Gasteiger partial charge >= 0.3 is 0 Å². The highest BCUT2D eigenvalue weighted by Gasteiger charge is 2.33. The summed E-state index contributed by atoms with van der Waals surface area (Å²) >= 11 is 5.65. The van der Waals surface area contributed by atoms with Gasteiger partial charge in [0.15, 0.2) is 5.11 Å². The van der Waals surface area contributed by atoms with Gasteiger partial charge in [-0.15, -0.1) is 0 Å². The van der Waals surface area contributed by atoms with Gasteiger partial charge in [-0.2, -0.15) is 0 Å². The average Bonchev–Trinajstić information content (AvgIpc) is 2.88. The first kappa shape index (κ1) is 25.3. The summed E-state index contributed by atoms with van der Waals surface area (Å²) in [4.78, 5) is 4.56. The fourth-order valence-corrected chi connectivity index (χ4v) is 4.99. The molecule has 4 nitrogen and oxygen atoms in total. The molecule has 5 rings (SSSR count). The molecule has 0 aromatic heterocycles. The van der Waals surface area contributed by atoms with E-state index in [0.29, 0.717) is 13.1 Å². The van der Waals surface area contributed by atoms with Crippen molar-refractivity contribution in [2.24, 2.45) is 0 Å². The molecule has 0 bridgehead atoms. The number of nitrogens with zero attached hydrogens (tertiary/aromatic N) is 2. The number of aliphatic hydroxyl groups is 1. The second-order valence-electron chi connectivity index (χ2n) is 9.42. The van der Waals surface area contributed by atoms with Crippen LogP contribution in [0.1, 0.15) is 29.5 Å². The minimum atomic E-state index is -0.731. The zero-order valence-electron chi connectivity index (χ0n) is 20.1. The molecule has 2 heterocycles. The zero-order valence-corrected chi connectivity index (χ0v) is 20.9. The summed E-state index contributed by atoms with van der Waals surface area (Å²) in [5.74, 6) is -0.178. The van der Waals surface area contributed by atoms with Gasteiger partial charge in [0.25, 0.3) is 0 Å². The summed E-state index contributed by atoms with van der Waals surface area (Å²) in [6.45, 7) is 4.89. The maximum Gasteiger partial charge on any atom is 0.169 e. The highest BCUT2D eigenvalue weighted by Crippen LogP contribution is 2.23. The third-order valence-corrected chi connectivity index (χ3v) is 7.01. The quantitative estimate of drug-likeness (QED) is 0.515. The van der Waals surface area contributed by atoms with Crippen LogP contribution in [0.3, 0.4) is 0 Å². The summed E-state index contributed by atoms with van der Waals surface area (Å²) in [5.41, 5.74) is 3.33. The largest absolute Gasteiger partial charge is 0.387 e. The van der Waals surface area contributed by atoms with E-state index in [-0.39, 0.29) is 5.82 Å². The number of hydrogen-bond donors (Lipinski definition) is 2. The third-order valence-electron chi connectivity index (χ3n) is 6.60. The molecule has 3 aromatic carbocycles. The highest BCUT2D eigenvalue weighted by molar-refractivity contribution is 7.80. The van der Waals surface area contributed by atoms with Gasteiger partial charge in [-0.3, -0.25) is 4.90 Å². The molecule has 1 unspecified atom stereocenters. The molecule has 2 N–H and O–H groups in total. The number of halogens is 1. The Morgan fingerprint density at radius 3 is 2.26 bits per heavy atom. The Balaban J connectivity index is 0.000000356. The lowest BCUT2D eigenvalue weighted by Gasteiger charge is -2.40. The zero-order chi connectivity index (χ0) is 24.5. The molecule has 6 heteroatoms. The monoisotopic (exact) mass is 491 g/mol. The van der Waals surface area contributed by atoms with Gasteiger partial charge in [0, 0.05) is 32.7 Å². The predicted octanol–water partition coefficient (Wildman–Crippen LogP) is 4.77. The Labute approximate surface area is 213 Å². The molecular formula is C29H34FN3OS. The van der Waals surface area contributed by atoms with Crippen molar-refractivity contribution in [1.82, 2.24) is 15.1 Å². The van der Waals surface area contributed by atoms with Crippen molar-refractivity contribution < 1.29 is 9.50 Å². The van der Waals surface area contributed by atoms with Crippen LogP contribution in [0.2, 0.25) is 0 Å². The van der Waals surface area contributed by atoms with E-state index in [2.05, 4.69) is 63.6 Å². The van der Waals surface area contributed by atoms with Gasteiger partial charge < -0.3 is 15.3 Å². The topological polar surface area (TPSA) is 38.7 Å².